The van der Waals surface area contributed by atoms with E-state index in [-0.39, 0.29) is 5.82 Å². The standard InChI is InChI=1S/C22H19ClFN3O/c23-18-5-1-4-8-21(18)28-14-13-27-20-7-3-2-6-19(20)26-22(27)15-25-17-11-9-16(24)10-12-17/h1-12,25H,13-15H2. The molecule has 0 aliphatic heterocycles. The first-order valence-electron chi connectivity index (χ1n) is 9.01. The van der Waals surface area contributed by atoms with E-state index in [1.807, 2.05) is 48.5 Å². The Balaban J connectivity index is 1.51. The normalized spacial score (nSPS) is 10.9. The molecule has 0 radical (unpaired) electrons. The Kier molecular flexibility index (Phi) is 5.44. The average molecular weight is 396 g/mol. The average Bonchev–Trinajstić information content (AvgIpc) is 3.07. The summed E-state index contributed by atoms with van der Waals surface area (Å²) in [6.45, 7) is 1.62. The van der Waals surface area contributed by atoms with Gasteiger partial charge in [-0.1, -0.05) is 35.9 Å². The molecule has 28 heavy (non-hydrogen) atoms. The summed E-state index contributed by atoms with van der Waals surface area (Å²) >= 11 is 6.16. The molecule has 0 spiro atoms. The van der Waals surface area contributed by atoms with Crippen molar-refractivity contribution >= 4 is 28.3 Å². The maximum atomic E-state index is 13.1. The highest BCUT2D eigenvalue weighted by Gasteiger charge is 2.11. The number of para-hydroxylation sites is 3. The Labute approximate surface area is 167 Å². The highest BCUT2D eigenvalue weighted by Crippen LogP contribution is 2.23. The fourth-order valence-corrected chi connectivity index (χ4v) is 3.26. The summed E-state index contributed by atoms with van der Waals surface area (Å²) in [5.41, 5.74) is 2.81. The number of anilines is 1. The van der Waals surface area contributed by atoms with Gasteiger partial charge in [0.05, 0.1) is 29.1 Å². The van der Waals surface area contributed by atoms with Gasteiger partial charge < -0.3 is 14.6 Å². The molecule has 0 amide bonds. The van der Waals surface area contributed by atoms with Crippen LogP contribution >= 0.6 is 11.6 Å². The lowest BCUT2D eigenvalue weighted by molar-refractivity contribution is 0.298. The van der Waals surface area contributed by atoms with Crippen LogP contribution in [0.15, 0.2) is 72.8 Å². The van der Waals surface area contributed by atoms with Crippen molar-refractivity contribution in [3.8, 4) is 5.75 Å². The topological polar surface area (TPSA) is 39.1 Å². The first-order chi connectivity index (χ1) is 13.7. The molecular weight excluding hydrogens is 377 g/mol. The fourth-order valence-electron chi connectivity index (χ4n) is 3.07. The molecule has 142 valence electrons. The molecule has 0 saturated heterocycles. The second-order valence-electron chi connectivity index (χ2n) is 6.31. The van der Waals surface area contributed by atoms with Gasteiger partial charge in [-0.3, -0.25) is 0 Å². The molecule has 1 aromatic heterocycles. The van der Waals surface area contributed by atoms with Crippen molar-refractivity contribution in [2.45, 2.75) is 13.1 Å². The molecule has 4 aromatic rings. The second-order valence-corrected chi connectivity index (χ2v) is 6.71. The summed E-state index contributed by atoms with van der Waals surface area (Å²) in [7, 11) is 0. The van der Waals surface area contributed by atoms with Crippen molar-refractivity contribution < 1.29 is 9.13 Å². The molecule has 0 fully saturated rings. The number of benzene rings is 3. The molecule has 0 aliphatic rings. The zero-order valence-electron chi connectivity index (χ0n) is 15.1. The summed E-state index contributed by atoms with van der Waals surface area (Å²) in [5.74, 6) is 1.29. The van der Waals surface area contributed by atoms with Crippen LogP contribution in [0.3, 0.4) is 0 Å². The highest BCUT2D eigenvalue weighted by molar-refractivity contribution is 6.32. The van der Waals surface area contributed by atoms with Crippen molar-refractivity contribution in [2.75, 3.05) is 11.9 Å². The predicted molar refractivity (Wildman–Crippen MR) is 110 cm³/mol. The van der Waals surface area contributed by atoms with Crippen molar-refractivity contribution in [3.63, 3.8) is 0 Å². The molecule has 4 rings (SSSR count). The molecule has 1 N–H and O–H groups in total. The third-order valence-corrected chi connectivity index (χ3v) is 4.75. The van der Waals surface area contributed by atoms with Crippen LogP contribution in [0.2, 0.25) is 5.02 Å². The number of nitrogens with one attached hydrogen (secondary N) is 1. The number of hydrogen-bond donors (Lipinski definition) is 1. The third kappa shape index (κ3) is 4.10. The molecular formula is C22H19ClFN3O. The molecule has 1 heterocycles. The van der Waals surface area contributed by atoms with Crippen LogP contribution < -0.4 is 10.1 Å². The quantitative estimate of drug-likeness (QED) is 0.448. The SMILES string of the molecule is Fc1ccc(NCc2nc3ccccc3n2CCOc2ccccc2Cl)cc1. The summed E-state index contributed by atoms with van der Waals surface area (Å²) in [6, 6.07) is 21.7. The molecule has 0 saturated carbocycles. The lowest BCUT2D eigenvalue weighted by Crippen LogP contribution is -2.13. The van der Waals surface area contributed by atoms with Gasteiger partial charge in [0.2, 0.25) is 0 Å². The number of hydrogen-bond acceptors (Lipinski definition) is 3. The van der Waals surface area contributed by atoms with E-state index in [1.165, 1.54) is 12.1 Å². The maximum absolute atomic E-state index is 13.1. The Bertz CT molecular complexity index is 1080. The van der Waals surface area contributed by atoms with Gasteiger partial charge in [0.15, 0.2) is 0 Å². The Hall–Kier alpha value is -3.05. The first-order valence-corrected chi connectivity index (χ1v) is 9.39. The van der Waals surface area contributed by atoms with Crippen LogP contribution in [0.25, 0.3) is 11.0 Å². The van der Waals surface area contributed by atoms with E-state index in [0.29, 0.717) is 30.5 Å². The molecule has 4 nitrogen and oxygen atoms in total. The molecule has 0 bridgehead atoms. The van der Waals surface area contributed by atoms with E-state index in [1.54, 1.807) is 12.1 Å². The van der Waals surface area contributed by atoms with Crippen LogP contribution in [0, 0.1) is 5.82 Å². The summed E-state index contributed by atoms with van der Waals surface area (Å²) in [5, 5.41) is 3.89. The minimum absolute atomic E-state index is 0.255. The van der Waals surface area contributed by atoms with Gasteiger partial charge in [0.25, 0.3) is 0 Å². The van der Waals surface area contributed by atoms with E-state index in [4.69, 9.17) is 21.3 Å². The van der Waals surface area contributed by atoms with E-state index in [9.17, 15) is 4.39 Å². The van der Waals surface area contributed by atoms with Crippen LogP contribution in [-0.2, 0) is 13.1 Å². The number of halogens is 2. The zero-order valence-corrected chi connectivity index (χ0v) is 15.9. The van der Waals surface area contributed by atoms with Crippen LogP contribution in [0.4, 0.5) is 10.1 Å². The molecule has 0 atom stereocenters. The van der Waals surface area contributed by atoms with Crippen molar-refractivity contribution in [1.29, 1.82) is 0 Å². The van der Waals surface area contributed by atoms with Crippen molar-refractivity contribution in [3.05, 3.63) is 89.5 Å². The predicted octanol–water partition coefficient (Wildman–Crippen LogP) is 5.52. The van der Waals surface area contributed by atoms with Crippen molar-refractivity contribution in [2.24, 2.45) is 0 Å². The fraction of sp³-hybridized carbons (Fsp3) is 0.136. The first kappa shape index (κ1) is 18.3. The minimum atomic E-state index is -0.255. The van der Waals surface area contributed by atoms with Gasteiger partial charge in [-0.2, -0.15) is 0 Å². The maximum Gasteiger partial charge on any atom is 0.137 e. The van der Waals surface area contributed by atoms with E-state index in [2.05, 4.69) is 9.88 Å². The molecule has 3 aromatic carbocycles. The number of ether oxygens (including phenoxy) is 1. The smallest absolute Gasteiger partial charge is 0.137 e. The summed E-state index contributed by atoms with van der Waals surface area (Å²) < 4.78 is 21.1. The summed E-state index contributed by atoms with van der Waals surface area (Å²) in [4.78, 5) is 4.73. The summed E-state index contributed by atoms with van der Waals surface area (Å²) in [6.07, 6.45) is 0. The van der Waals surface area contributed by atoms with Gasteiger partial charge in [-0.05, 0) is 48.5 Å². The Morgan fingerprint density at radius 1 is 0.964 bits per heavy atom. The van der Waals surface area contributed by atoms with Crippen molar-refractivity contribution in [1.82, 2.24) is 9.55 Å². The van der Waals surface area contributed by atoms with E-state index < -0.39 is 0 Å². The number of imidazole rings is 1. The monoisotopic (exact) mass is 395 g/mol. The van der Waals surface area contributed by atoms with Gasteiger partial charge in [-0.15, -0.1) is 0 Å². The van der Waals surface area contributed by atoms with Gasteiger partial charge >= 0.3 is 0 Å². The van der Waals surface area contributed by atoms with Gasteiger partial charge in [0.1, 0.15) is 24.0 Å². The van der Waals surface area contributed by atoms with Crippen LogP contribution in [0.5, 0.6) is 5.75 Å². The number of fused-ring (bicyclic) bond motifs is 1. The molecule has 6 heteroatoms. The molecule has 0 unspecified atom stereocenters. The zero-order chi connectivity index (χ0) is 19.3. The largest absolute Gasteiger partial charge is 0.490 e. The number of aromatic nitrogens is 2. The highest BCUT2D eigenvalue weighted by atomic mass is 35.5. The lowest BCUT2D eigenvalue weighted by atomic mass is 10.3. The second kappa shape index (κ2) is 8.31. The van der Waals surface area contributed by atoms with Crippen LogP contribution in [-0.4, -0.2) is 16.2 Å². The molecule has 0 aliphatic carbocycles. The van der Waals surface area contributed by atoms with Gasteiger partial charge in [0, 0.05) is 5.69 Å². The Morgan fingerprint density at radius 3 is 2.54 bits per heavy atom. The number of rotatable bonds is 7. The third-order valence-electron chi connectivity index (χ3n) is 4.44. The number of nitrogens with zero attached hydrogens (tertiary/aromatic N) is 2. The van der Waals surface area contributed by atoms with Gasteiger partial charge in [-0.25, -0.2) is 9.37 Å². The van der Waals surface area contributed by atoms with Crippen LogP contribution in [0.1, 0.15) is 5.82 Å². The van der Waals surface area contributed by atoms with E-state index in [0.717, 1.165) is 22.5 Å². The van der Waals surface area contributed by atoms with E-state index >= 15 is 0 Å². The Morgan fingerprint density at radius 2 is 1.71 bits per heavy atom. The lowest BCUT2D eigenvalue weighted by Gasteiger charge is -2.12. The minimum Gasteiger partial charge on any atom is -0.490 e.